The topological polar surface area (TPSA) is 55.5 Å². The molecule has 1 saturated carbocycles. The minimum atomic E-state index is 0.460. The van der Waals surface area contributed by atoms with Crippen LogP contribution in [0.4, 0.5) is 5.69 Å². The number of rotatable bonds is 3. The van der Waals surface area contributed by atoms with E-state index in [1.807, 2.05) is 4.52 Å². The second-order valence-electron chi connectivity index (χ2n) is 8.18. The van der Waals surface area contributed by atoms with Crippen molar-refractivity contribution in [2.45, 2.75) is 24.7 Å². The maximum absolute atomic E-state index is 5.51. The average Bonchev–Trinajstić information content (AvgIpc) is 3.16. The van der Waals surface area contributed by atoms with Gasteiger partial charge in [-0.05, 0) is 47.0 Å². The minimum absolute atomic E-state index is 0.460. The highest BCUT2D eigenvalue weighted by atomic mass is 79.9. The highest BCUT2D eigenvalue weighted by Crippen LogP contribution is 2.47. The predicted octanol–water partition coefficient (Wildman–Crippen LogP) is 4.54. The van der Waals surface area contributed by atoms with E-state index in [0.717, 1.165) is 66.3 Å². The monoisotopic (exact) mass is 463 g/mol. The van der Waals surface area contributed by atoms with Gasteiger partial charge in [0.25, 0.3) is 0 Å². The number of aromatic nitrogens is 4. The van der Waals surface area contributed by atoms with Gasteiger partial charge in [0.2, 0.25) is 0 Å². The van der Waals surface area contributed by atoms with Crippen molar-refractivity contribution in [1.29, 1.82) is 0 Å². The highest BCUT2D eigenvalue weighted by molar-refractivity contribution is 9.10. The summed E-state index contributed by atoms with van der Waals surface area (Å²) < 4.78 is 8.26. The van der Waals surface area contributed by atoms with E-state index in [4.69, 9.17) is 14.7 Å². The predicted molar refractivity (Wildman–Crippen MR) is 120 cm³/mol. The summed E-state index contributed by atoms with van der Waals surface area (Å²) in [7, 11) is 0. The standard InChI is InChI=1S/C23H22BrN5O/c24-22-13-21(28-7-9-30-10-8-28)23-26-20(14-29(23)27-22)17-11-16(12-17)19-6-5-15-3-1-2-4-18(15)25-19/h1-6,13-14,16-17H,7-12H2/t16-,17-. The van der Waals surface area contributed by atoms with Crippen LogP contribution in [0.3, 0.4) is 0 Å². The van der Waals surface area contributed by atoms with Gasteiger partial charge < -0.3 is 9.64 Å². The van der Waals surface area contributed by atoms with E-state index < -0.39 is 0 Å². The minimum Gasteiger partial charge on any atom is -0.378 e. The first kappa shape index (κ1) is 18.3. The van der Waals surface area contributed by atoms with Crippen molar-refractivity contribution in [3.8, 4) is 0 Å². The summed E-state index contributed by atoms with van der Waals surface area (Å²) in [6, 6.07) is 14.8. The van der Waals surface area contributed by atoms with Gasteiger partial charge >= 0.3 is 0 Å². The number of hydrogen-bond acceptors (Lipinski definition) is 5. The molecule has 0 bridgehead atoms. The van der Waals surface area contributed by atoms with Gasteiger partial charge in [0.05, 0.1) is 36.3 Å². The fraction of sp³-hybridized carbons (Fsp3) is 0.348. The zero-order valence-electron chi connectivity index (χ0n) is 16.5. The molecule has 1 aromatic carbocycles. The Morgan fingerprint density at radius 1 is 0.933 bits per heavy atom. The number of para-hydroxylation sites is 1. The van der Waals surface area contributed by atoms with Crippen molar-refractivity contribution < 1.29 is 4.74 Å². The molecule has 3 aromatic heterocycles. The van der Waals surface area contributed by atoms with Gasteiger partial charge in [-0.1, -0.05) is 24.3 Å². The maximum Gasteiger partial charge on any atom is 0.177 e. The van der Waals surface area contributed by atoms with Crippen molar-refractivity contribution in [3.05, 3.63) is 64.7 Å². The Bertz CT molecular complexity index is 1230. The number of halogens is 1. The number of benzene rings is 1. The number of pyridine rings is 1. The average molecular weight is 464 g/mol. The summed E-state index contributed by atoms with van der Waals surface area (Å²) >= 11 is 3.56. The van der Waals surface area contributed by atoms with E-state index in [1.54, 1.807) is 0 Å². The number of morpholine rings is 1. The van der Waals surface area contributed by atoms with Crippen LogP contribution >= 0.6 is 15.9 Å². The molecule has 7 heteroatoms. The van der Waals surface area contributed by atoms with E-state index in [1.165, 1.54) is 11.1 Å². The van der Waals surface area contributed by atoms with Crippen LogP contribution in [0.25, 0.3) is 16.6 Å². The third-order valence-corrected chi connectivity index (χ3v) is 6.73. The largest absolute Gasteiger partial charge is 0.378 e. The molecule has 0 atom stereocenters. The van der Waals surface area contributed by atoms with Gasteiger partial charge in [-0.15, -0.1) is 0 Å². The van der Waals surface area contributed by atoms with Crippen LogP contribution in [-0.4, -0.2) is 45.9 Å². The Morgan fingerprint density at radius 3 is 2.60 bits per heavy atom. The van der Waals surface area contributed by atoms with Gasteiger partial charge in [-0.25, -0.2) is 9.50 Å². The molecule has 0 spiro atoms. The number of hydrogen-bond donors (Lipinski definition) is 0. The summed E-state index contributed by atoms with van der Waals surface area (Å²) in [5, 5.41) is 5.80. The fourth-order valence-electron chi connectivity index (χ4n) is 4.59. The number of fused-ring (bicyclic) bond motifs is 2. The van der Waals surface area contributed by atoms with E-state index >= 15 is 0 Å². The Balaban J connectivity index is 1.26. The second-order valence-corrected chi connectivity index (χ2v) is 8.99. The van der Waals surface area contributed by atoms with Gasteiger partial charge in [-0.2, -0.15) is 5.10 Å². The van der Waals surface area contributed by atoms with Gasteiger partial charge in [0.15, 0.2) is 5.65 Å². The Kier molecular flexibility index (Phi) is 4.46. The lowest BCUT2D eigenvalue weighted by Crippen LogP contribution is -2.36. The Morgan fingerprint density at radius 2 is 1.73 bits per heavy atom. The molecule has 1 aliphatic heterocycles. The van der Waals surface area contributed by atoms with Crippen molar-refractivity contribution in [2.24, 2.45) is 0 Å². The molecular weight excluding hydrogens is 442 g/mol. The van der Waals surface area contributed by atoms with Crippen LogP contribution in [0.5, 0.6) is 0 Å². The third kappa shape index (κ3) is 3.17. The van der Waals surface area contributed by atoms with E-state index in [9.17, 15) is 0 Å². The molecule has 1 saturated heterocycles. The molecular formula is C23H22BrN5O. The van der Waals surface area contributed by atoms with Crippen LogP contribution in [0.1, 0.15) is 36.1 Å². The smallest absolute Gasteiger partial charge is 0.177 e. The third-order valence-electron chi connectivity index (χ3n) is 6.34. The lowest BCUT2D eigenvalue weighted by atomic mass is 9.71. The summed E-state index contributed by atoms with van der Waals surface area (Å²) in [4.78, 5) is 12.2. The number of imidazole rings is 1. The normalized spacial score (nSPS) is 21.8. The van der Waals surface area contributed by atoms with E-state index in [0.29, 0.717) is 11.8 Å². The quantitative estimate of drug-likeness (QED) is 0.446. The van der Waals surface area contributed by atoms with Crippen LogP contribution in [0.2, 0.25) is 0 Å². The molecule has 0 amide bonds. The summed E-state index contributed by atoms with van der Waals surface area (Å²) in [5.74, 6) is 0.962. The molecule has 6 rings (SSSR count). The first-order valence-corrected chi connectivity index (χ1v) is 11.3. The van der Waals surface area contributed by atoms with Crippen molar-refractivity contribution in [1.82, 2.24) is 19.6 Å². The van der Waals surface area contributed by atoms with Crippen LogP contribution in [-0.2, 0) is 4.74 Å². The summed E-state index contributed by atoms with van der Waals surface area (Å²) in [6.07, 6.45) is 4.27. The summed E-state index contributed by atoms with van der Waals surface area (Å²) in [6.45, 7) is 3.27. The zero-order valence-corrected chi connectivity index (χ0v) is 18.1. The van der Waals surface area contributed by atoms with Gasteiger partial charge in [-0.3, -0.25) is 4.98 Å². The molecule has 6 nitrogen and oxygen atoms in total. The Hall–Kier alpha value is -2.51. The molecule has 0 unspecified atom stereocenters. The van der Waals surface area contributed by atoms with E-state index in [2.05, 4.69) is 74.6 Å². The second kappa shape index (κ2) is 7.32. The molecule has 1 aliphatic carbocycles. The first-order valence-electron chi connectivity index (χ1n) is 10.5. The molecule has 0 N–H and O–H groups in total. The molecule has 2 fully saturated rings. The van der Waals surface area contributed by atoms with Crippen LogP contribution < -0.4 is 4.90 Å². The highest BCUT2D eigenvalue weighted by Gasteiger charge is 2.34. The van der Waals surface area contributed by atoms with Gasteiger partial charge in [0, 0.05) is 36.0 Å². The van der Waals surface area contributed by atoms with Gasteiger partial charge in [0.1, 0.15) is 4.60 Å². The molecule has 152 valence electrons. The first-order chi connectivity index (χ1) is 14.7. The molecule has 0 radical (unpaired) electrons. The SMILES string of the molecule is Brc1cc(N2CCOCC2)c2nc([C@H]3C[C@H](c4ccc5ccccc5n4)C3)cn2n1. The van der Waals surface area contributed by atoms with Crippen LogP contribution in [0.15, 0.2) is 53.3 Å². The maximum atomic E-state index is 5.51. The zero-order chi connectivity index (χ0) is 20.1. The van der Waals surface area contributed by atoms with E-state index in [-0.39, 0.29) is 0 Å². The molecule has 4 aromatic rings. The lowest BCUT2D eigenvalue weighted by Gasteiger charge is -2.33. The van der Waals surface area contributed by atoms with Crippen molar-refractivity contribution >= 4 is 38.2 Å². The van der Waals surface area contributed by atoms with Crippen LogP contribution in [0, 0.1) is 0 Å². The fourth-order valence-corrected chi connectivity index (χ4v) is 4.98. The number of ether oxygens (including phenoxy) is 1. The molecule has 4 heterocycles. The number of nitrogens with zero attached hydrogens (tertiary/aromatic N) is 5. The number of anilines is 1. The van der Waals surface area contributed by atoms with Crippen molar-refractivity contribution in [2.75, 3.05) is 31.2 Å². The molecule has 2 aliphatic rings. The summed E-state index contributed by atoms with van der Waals surface area (Å²) in [5.41, 5.74) is 5.46. The Labute approximate surface area is 183 Å². The van der Waals surface area contributed by atoms with Crippen molar-refractivity contribution in [3.63, 3.8) is 0 Å². The molecule has 30 heavy (non-hydrogen) atoms. The lowest BCUT2D eigenvalue weighted by molar-refractivity contribution is 0.123.